The Bertz CT molecular complexity index is 651. The lowest BCUT2D eigenvalue weighted by Crippen LogP contribution is -2.41. The number of aromatic hydroxyl groups is 1. The van der Waals surface area contributed by atoms with Crippen molar-refractivity contribution in [2.24, 2.45) is 0 Å². The number of para-hydroxylation sites is 1. The molecule has 0 bridgehead atoms. The first-order valence-corrected chi connectivity index (χ1v) is 7.94. The molecule has 0 spiro atoms. The second kappa shape index (κ2) is 7.29. The zero-order valence-electron chi connectivity index (χ0n) is 13.0. The van der Waals surface area contributed by atoms with Gasteiger partial charge in [-0.3, -0.25) is 4.79 Å². The molecule has 1 amide bonds. The van der Waals surface area contributed by atoms with E-state index in [1.807, 2.05) is 47.4 Å². The maximum atomic E-state index is 12.7. The van der Waals surface area contributed by atoms with Crippen LogP contribution in [0.1, 0.15) is 23.5 Å². The molecule has 0 saturated carbocycles. The van der Waals surface area contributed by atoms with E-state index in [0.717, 1.165) is 11.1 Å². The predicted molar refractivity (Wildman–Crippen MR) is 88.4 cm³/mol. The fourth-order valence-electron chi connectivity index (χ4n) is 2.99. The van der Waals surface area contributed by atoms with Gasteiger partial charge in [0.1, 0.15) is 5.75 Å². The van der Waals surface area contributed by atoms with E-state index >= 15 is 0 Å². The van der Waals surface area contributed by atoms with E-state index in [-0.39, 0.29) is 17.6 Å². The number of phenolic OH excluding ortho intramolecular Hbond substituents is 1. The summed E-state index contributed by atoms with van der Waals surface area (Å²) in [4.78, 5) is 14.5. The first kappa shape index (κ1) is 15.6. The molecule has 1 fully saturated rings. The highest BCUT2D eigenvalue weighted by Crippen LogP contribution is 2.34. The fourth-order valence-corrected chi connectivity index (χ4v) is 2.99. The summed E-state index contributed by atoms with van der Waals surface area (Å²) in [5, 5.41) is 10.2. The van der Waals surface area contributed by atoms with Gasteiger partial charge in [0.05, 0.1) is 13.2 Å². The Morgan fingerprint density at radius 2 is 1.70 bits per heavy atom. The smallest absolute Gasteiger partial charge is 0.223 e. The Balaban J connectivity index is 1.87. The number of hydrogen-bond acceptors (Lipinski definition) is 3. The van der Waals surface area contributed by atoms with Gasteiger partial charge in [-0.15, -0.1) is 0 Å². The summed E-state index contributed by atoms with van der Waals surface area (Å²) in [6, 6.07) is 17.1. The van der Waals surface area contributed by atoms with Crippen LogP contribution in [0.4, 0.5) is 0 Å². The quantitative estimate of drug-likeness (QED) is 0.944. The second-order valence-electron chi connectivity index (χ2n) is 5.72. The highest BCUT2D eigenvalue weighted by molar-refractivity contribution is 5.78. The zero-order chi connectivity index (χ0) is 16.1. The molecule has 4 heteroatoms. The molecule has 2 aromatic rings. The van der Waals surface area contributed by atoms with Crippen molar-refractivity contribution in [3.8, 4) is 5.75 Å². The topological polar surface area (TPSA) is 49.8 Å². The molecule has 1 aliphatic heterocycles. The molecule has 0 unspecified atom stereocenters. The number of carbonyl (C=O) groups is 1. The van der Waals surface area contributed by atoms with E-state index < -0.39 is 0 Å². The third-order valence-electron chi connectivity index (χ3n) is 4.26. The lowest BCUT2D eigenvalue weighted by Gasteiger charge is -2.29. The number of carbonyl (C=O) groups excluding carboxylic acids is 1. The fraction of sp³-hybridized carbons (Fsp3) is 0.316. The molecule has 1 saturated heterocycles. The van der Waals surface area contributed by atoms with E-state index in [1.165, 1.54) is 0 Å². The highest BCUT2D eigenvalue weighted by atomic mass is 16.5. The standard InChI is InChI=1S/C19H21NO3/c21-18-9-5-4-8-16(18)17(15-6-2-1-3-7-15)14-19(22)20-10-12-23-13-11-20/h1-9,17,21H,10-14H2/t17-/m0/s1. The summed E-state index contributed by atoms with van der Waals surface area (Å²) < 4.78 is 5.31. The number of hydrogen-bond donors (Lipinski definition) is 1. The van der Waals surface area contributed by atoms with E-state index in [4.69, 9.17) is 4.74 Å². The molecule has 0 aromatic heterocycles. The third kappa shape index (κ3) is 3.71. The van der Waals surface area contributed by atoms with Gasteiger partial charge in [0.25, 0.3) is 0 Å². The molecular formula is C19H21NO3. The minimum Gasteiger partial charge on any atom is -0.508 e. The van der Waals surface area contributed by atoms with Crippen LogP contribution >= 0.6 is 0 Å². The maximum Gasteiger partial charge on any atom is 0.223 e. The van der Waals surface area contributed by atoms with E-state index in [9.17, 15) is 9.90 Å². The second-order valence-corrected chi connectivity index (χ2v) is 5.72. The number of amides is 1. The normalized spacial score (nSPS) is 16.1. The van der Waals surface area contributed by atoms with Crippen molar-refractivity contribution in [1.82, 2.24) is 4.90 Å². The minimum absolute atomic E-state index is 0.102. The molecule has 23 heavy (non-hydrogen) atoms. The molecule has 1 heterocycles. The van der Waals surface area contributed by atoms with Crippen LogP contribution in [0.3, 0.4) is 0 Å². The summed E-state index contributed by atoms with van der Waals surface area (Å²) in [6.45, 7) is 2.47. The molecular weight excluding hydrogens is 290 g/mol. The number of morpholine rings is 1. The first-order valence-electron chi connectivity index (χ1n) is 7.94. The first-order chi connectivity index (χ1) is 11.3. The lowest BCUT2D eigenvalue weighted by molar-refractivity contribution is -0.135. The Morgan fingerprint density at radius 3 is 2.39 bits per heavy atom. The summed E-state index contributed by atoms with van der Waals surface area (Å²) in [6.07, 6.45) is 0.349. The summed E-state index contributed by atoms with van der Waals surface area (Å²) in [5.41, 5.74) is 1.83. The van der Waals surface area contributed by atoms with Crippen molar-refractivity contribution in [2.45, 2.75) is 12.3 Å². The van der Waals surface area contributed by atoms with Gasteiger partial charge >= 0.3 is 0 Å². The van der Waals surface area contributed by atoms with Crippen LogP contribution < -0.4 is 0 Å². The van der Waals surface area contributed by atoms with Gasteiger partial charge in [-0.1, -0.05) is 48.5 Å². The van der Waals surface area contributed by atoms with Crippen LogP contribution in [0.2, 0.25) is 0 Å². The Kier molecular flexibility index (Phi) is 4.93. The van der Waals surface area contributed by atoms with Gasteiger partial charge in [0.2, 0.25) is 5.91 Å². The number of rotatable bonds is 4. The maximum absolute atomic E-state index is 12.7. The third-order valence-corrected chi connectivity index (χ3v) is 4.26. The van der Waals surface area contributed by atoms with Gasteiger partial charge in [-0.2, -0.15) is 0 Å². The van der Waals surface area contributed by atoms with Crippen LogP contribution in [0.25, 0.3) is 0 Å². The van der Waals surface area contributed by atoms with E-state index in [0.29, 0.717) is 32.7 Å². The van der Waals surface area contributed by atoms with Gasteiger partial charge in [0.15, 0.2) is 0 Å². The molecule has 3 rings (SSSR count). The molecule has 0 radical (unpaired) electrons. The lowest BCUT2D eigenvalue weighted by atomic mass is 9.87. The van der Waals surface area contributed by atoms with Gasteiger partial charge in [0, 0.05) is 31.0 Å². The van der Waals surface area contributed by atoms with Crippen molar-refractivity contribution >= 4 is 5.91 Å². The number of nitrogens with zero attached hydrogens (tertiary/aromatic N) is 1. The van der Waals surface area contributed by atoms with E-state index in [1.54, 1.807) is 12.1 Å². The Labute approximate surface area is 136 Å². The molecule has 120 valence electrons. The van der Waals surface area contributed by atoms with Crippen molar-refractivity contribution in [3.05, 3.63) is 65.7 Å². The molecule has 2 aromatic carbocycles. The van der Waals surface area contributed by atoms with Crippen LogP contribution in [0.15, 0.2) is 54.6 Å². The largest absolute Gasteiger partial charge is 0.508 e. The molecule has 1 N–H and O–H groups in total. The average molecular weight is 311 g/mol. The Hall–Kier alpha value is -2.33. The highest BCUT2D eigenvalue weighted by Gasteiger charge is 2.24. The molecule has 1 aliphatic rings. The molecule has 1 atom stereocenters. The average Bonchev–Trinajstić information content (AvgIpc) is 2.62. The van der Waals surface area contributed by atoms with E-state index in [2.05, 4.69) is 0 Å². The van der Waals surface area contributed by atoms with Crippen LogP contribution in [-0.2, 0) is 9.53 Å². The monoisotopic (exact) mass is 311 g/mol. The van der Waals surface area contributed by atoms with Crippen molar-refractivity contribution in [1.29, 1.82) is 0 Å². The molecule has 4 nitrogen and oxygen atoms in total. The minimum atomic E-state index is -0.146. The predicted octanol–water partition coefficient (Wildman–Crippen LogP) is 2.77. The molecule has 0 aliphatic carbocycles. The van der Waals surface area contributed by atoms with Crippen LogP contribution in [0, 0.1) is 0 Å². The summed E-state index contributed by atoms with van der Waals surface area (Å²) >= 11 is 0. The van der Waals surface area contributed by atoms with Gasteiger partial charge in [-0.05, 0) is 11.6 Å². The number of phenols is 1. The summed E-state index contributed by atoms with van der Waals surface area (Å²) in [7, 11) is 0. The summed E-state index contributed by atoms with van der Waals surface area (Å²) in [5.74, 6) is 0.189. The number of ether oxygens (including phenoxy) is 1. The SMILES string of the molecule is O=C(C[C@@H](c1ccccc1)c1ccccc1O)N1CCOCC1. The van der Waals surface area contributed by atoms with Crippen molar-refractivity contribution in [2.75, 3.05) is 26.3 Å². The number of benzene rings is 2. The zero-order valence-corrected chi connectivity index (χ0v) is 13.0. The van der Waals surface area contributed by atoms with Gasteiger partial charge < -0.3 is 14.7 Å². The van der Waals surface area contributed by atoms with Crippen molar-refractivity contribution in [3.63, 3.8) is 0 Å². The van der Waals surface area contributed by atoms with Crippen molar-refractivity contribution < 1.29 is 14.6 Å². The van der Waals surface area contributed by atoms with Gasteiger partial charge in [-0.25, -0.2) is 0 Å². The van der Waals surface area contributed by atoms with Crippen LogP contribution in [-0.4, -0.2) is 42.2 Å². The van der Waals surface area contributed by atoms with Crippen LogP contribution in [0.5, 0.6) is 5.75 Å². The Morgan fingerprint density at radius 1 is 1.04 bits per heavy atom.